The van der Waals surface area contributed by atoms with Crippen molar-refractivity contribution in [3.05, 3.63) is 122 Å². The summed E-state index contributed by atoms with van der Waals surface area (Å²) in [6, 6.07) is 21.3. The molecule has 42 heavy (non-hydrogen) atoms. The molecular formula is C30H21BrClFN4O4S. The number of carbonyl (C=O) groups excluding carboxylic acids is 2. The minimum Gasteiger partial charge on any atom is -0.483 e. The molecule has 2 heterocycles. The largest absolute Gasteiger partial charge is 0.483 e. The van der Waals surface area contributed by atoms with Gasteiger partial charge in [0.05, 0.1) is 23.9 Å². The molecule has 5 rings (SSSR count). The molecule has 1 aromatic heterocycles. The van der Waals surface area contributed by atoms with Crippen molar-refractivity contribution >= 4 is 74.3 Å². The van der Waals surface area contributed by atoms with Crippen molar-refractivity contribution in [2.75, 3.05) is 11.9 Å². The molecule has 0 aliphatic carbocycles. The molecule has 1 fully saturated rings. The Morgan fingerprint density at radius 2 is 1.90 bits per heavy atom. The Hall–Kier alpha value is -4.19. The summed E-state index contributed by atoms with van der Waals surface area (Å²) in [6.07, 6.45) is 4.77. The molecular weight excluding hydrogens is 647 g/mol. The number of furan rings is 1. The number of anilines is 1. The van der Waals surface area contributed by atoms with Gasteiger partial charge in [0.25, 0.3) is 11.8 Å². The van der Waals surface area contributed by atoms with Crippen LogP contribution in [0, 0.1) is 5.82 Å². The second-order valence-corrected chi connectivity index (χ2v) is 11.1. The second kappa shape index (κ2) is 13.6. The number of benzene rings is 3. The molecule has 0 radical (unpaired) electrons. The molecule has 2 amide bonds. The van der Waals surface area contributed by atoms with Gasteiger partial charge >= 0.3 is 0 Å². The van der Waals surface area contributed by atoms with Gasteiger partial charge in [-0.3, -0.25) is 14.5 Å². The van der Waals surface area contributed by atoms with Gasteiger partial charge in [-0.2, -0.15) is 5.10 Å². The predicted octanol–water partition coefficient (Wildman–Crippen LogP) is 7.36. The molecule has 1 saturated heterocycles. The van der Waals surface area contributed by atoms with Gasteiger partial charge in [-0.15, -0.1) is 5.10 Å². The Labute approximate surface area is 258 Å². The molecule has 1 aliphatic rings. The van der Waals surface area contributed by atoms with Crippen molar-refractivity contribution < 1.29 is 23.1 Å². The first-order valence-corrected chi connectivity index (χ1v) is 14.4. The van der Waals surface area contributed by atoms with E-state index in [1.807, 2.05) is 0 Å². The Morgan fingerprint density at radius 3 is 2.64 bits per heavy atom. The van der Waals surface area contributed by atoms with E-state index in [-0.39, 0.29) is 19.1 Å². The number of halogens is 3. The van der Waals surface area contributed by atoms with Gasteiger partial charge in [-0.05, 0) is 90.1 Å². The molecule has 12 heteroatoms. The fraction of sp³-hybridized carbons (Fsp3) is 0.0667. The third kappa shape index (κ3) is 7.75. The highest BCUT2D eigenvalue weighted by Crippen LogP contribution is 2.36. The first kappa shape index (κ1) is 29.3. The van der Waals surface area contributed by atoms with Gasteiger partial charge in [0.15, 0.2) is 11.8 Å². The summed E-state index contributed by atoms with van der Waals surface area (Å²) in [7, 11) is 0. The number of hydrogen-bond donors (Lipinski definition) is 1. The molecule has 0 unspecified atom stereocenters. The maximum Gasteiger partial charge on any atom is 0.267 e. The number of carbonyl (C=O) groups is 2. The van der Waals surface area contributed by atoms with Crippen LogP contribution in [0.25, 0.3) is 6.08 Å². The van der Waals surface area contributed by atoms with Crippen LogP contribution in [-0.2, 0) is 16.1 Å². The van der Waals surface area contributed by atoms with Crippen molar-refractivity contribution in [2.45, 2.75) is 6.54 Å². The topological polar surface area (TPSA) is 96.5 Å². The number of amides is 2. The maximum atomic E-state index is 13.5. The second-order valence-electron chi connectivity index (χ2n) is 8.79. The van der Waals surface area contributed by atoms with Gasteiger partial charge < -0.3 is 14.5 Å². The van der Waals surface area contributed by atoms with Crippen LogP contribution in [0.5, 0.6) is 5.75 Å². The minimum absolute atomic E-state index is 0.164. The summed E-state index contributed by atoms with van der Waals surface area (Å²) < 4.78 is 25.2. The van der Waals surface area contributed by atoms with E-state index >= 15 is 0 Å². The quantitative estimate of drug-likeness (QED) is 0.114. The predicted molar refractivity (Wildman–Crippen MR) is 166 cm³/mol. The molecule has 8 nitrogen and oxygen atoms in total. The lowest BCUT2D eigenvalue weighted by atomic mass is 10.2. The van der Waals surface area contributed by atoms with E-state index in [1.54, 1.807) is 66.9 Å². The molecule has 3 aromatic carbocycles. The van der Waals surface area contributed by atoms with Crippen LogP contribution < -0.4 is 10.1 Å². The zero-order chi connectivity index (χ0) is 29.5. The summed E-state index contributed by atoms with van der Waals surface area (Å²) in [5.74, 6) is -0.153. The van der Waals surface area contributed by atoms with Crippen LogP contribution in [0.2, 0.25) is 5.02 Å². The molecule has 0 atom stereocenters. The highest BCUT2D eigenvalue weighted by molar-refractivity contribution is 9.10. The minimum atomic E-state index is -0.424. The van der Waals surface area contributed by atoms with Crippen LogP contribution in [0.3, 0.4) is 0 Å². The number of rotatable bonds is 9. The van der Waals surface area contributed by atoms with Crippen LogP contribution >= 0.6 is 39.3 Å². The molecule has 0 bridgehead atoms. The Morgan fingerprint density at radius 1 is 1.12 bits per heavy atom. The Bertz CT molecular complexity index is 1680. The van der Waals surface area contributed by atoms with Crippen LogP contribution in [-0.4, -0.2) is 34.7 Å². The summed E-state index contributed by atoms with van der Waals surface area (Å²) in [4.78, 5) is 27.8. The van der Waals surface area contributed by atoms with Crippen LogP contribution in [0.4, 0.5) is 10.1 Å². The molecule has 0 saturated carbocycles. The average molecular weight is 668 g/mol. The standard InChI is InChI=1S/C30H21BrClFN4O4S/c31-21-5-12-26(41-18-28(38)35-24-10-8-23(33)9-11-24)20(14-21)15-27-29(39)37(17-25-2-1-13-40-25)30(42-27)36-34-16-19-3-6-22(32)7-4-19/h1-16H,17-18H2,(H,35,38)/b27-15-,34-16+,36-30-. The number of ether oxygens (including phenoxy) is 1. The first-order chi connectivity index (χ1) is 20.3. The highest BCUT2D eigenvalue weighted by Gasteiger charge is 2.34. The fourth-order valence-corrected chi connectivity index (χ4v) is 5.18. The van der Waals surface area contributed by atoms with Crippen molar-refractivity contribution in [3.63, 3.8) is 0 Å². The summed E-state index contributed by atoms with van der Waals surface area (Å²) in [5, 5.41) is 12.1. The molecule has 212 valence electrons. The van der Waals surface area contributed by atoms with E-state index in [1.165, 1.54) is 35.4 Å². The van der Waals surface area contributed by atoms with Crippen LogP contribution in [0.15, 0.2) is 109 Å². The first-order valence-electron chi connectivity index (χ1n) is 12.4. The normalized spacial score (nSPS) is 15.2. The highest BCUT2D eigenvalue weighted by atomic mass is 79.9. The Balaban J connectivity index is 1.36. The van der Waals surface area contributed by atoms with Gasteiger partial charge in [-0.25, -0.2) is 4.39 Å². The third-order valence-electron chi connectivity index (χ3n) is 5.75. The maximum absolute atomic E-state index is 13.5. The van der Waals surface area contributed by atoms with E-state index in [9.17, 15) is 14.0 Å². The van der Waals surface area contributed by atoms with Crippen molar-refractivity contribution in [2.24, 2.45) is 10.2 Å². The lowest BCUT2D eigenvalue weighted by Crippen LogP contribution is -2.28. The number of thioether (sulfide) groups is 1. The molecule has 0 spiro atoms. The van der Waals surface area contributed by atoms with Gasteiger partial charge in [0, 0.05) is 20.7 Å². The van der Waals surface area contributed by atoms with E-state index in [0.29, 0.717) is 37.9 Å². The SMILES string of the molecule is O=C(COc1ccc(Br)cc1/C=C1\S/C(=N\N=C\c2ccc(Cl)cc2)N(Cc2ccco2)C1=O)Nc1ccc(F)cc1. The van der Waals surface area contributed by atoms with Crippen LogP contribution in [0.1, 0.15) is 16.9 Å². The lowest BCUT2D eigenvalue weighted by molar-refractivity contribution is -0.122. The summed E-state index contributed by atoms with van der Waals surface area (Å²) in [5.41, 5.74) is 1.81. The molecule has 4 aromatic rings. The zero-order valence-corrected chi connectivity index (χ0v) is 24.8. The number of amidine groups is 1. The fourth-order valence-electron chi connectivity index (χ4n) is 3.75. The zero-order valence-electron chi connectivity index (χ0n) is 21.7. The van der Waals surface area contributed by atoms with Crippen molar-refractivity contribution in [1.82, 2.24) is 4.90 Å². The number of nitrogens with one attached hydrogen (secondary N) is 1. The van der Waals surface area contributed by atoms with Crippen molar-refractivity contribution in [1.29, 1.82) is 0 Å². The Kier molecular flexibility index (Phi) is 9.52. The van der Waals surface area contributed by atoms with Crippen molar-refractivity contribution in [3.8, 4) is 5.75 Å². The van der Waals surface area contributed by atoms with Gasteiger partial charge in [0.1, 0.15) is 17.3 Å². The molecule has 1 aliphatic heterocycles. The van der Waals surface area contributed by atoms with Gasteiger partial charge in [-0.1, -0.05) is 39.7 Å². The van der Waals surface area contributed by atoms with E-state index in [4.69, 9.17) is 20.8 Å². The third-order valence-corrected chi connectivity index (χ3v) is 7.49. The van der Waals surface area contributed by atoms with E-state index < -0.39 is 11.7 Å². The number of hydrogen-bond acceptors (Lipinski definition) is 7. The van der Waals surface area contributed by atoms with Gasteiger partial charge in [0.2, 0.25) is 0 Å². The smallest absolute Gasteiger partial charge is 0.267 e. The molecule has 1 N–H and O–H groups in total. The van der Waals surface area contributed by atoms with E-state index in [0.717, 1.165) is 21.8 Å². The summed E-state index contributed by atoms with van der Waals surface area (Å²) >= 11 is 10.6. The summed E-state index contributed by atoms with van der Waals surface area (Å²) in [6.45, 7) is -0.135. The monoisotopic (exact) mass is 666 g/mol. The lowest BCUT2D eigenvalue weighted by Gasteiger charge is -2.13. The van der Waals surface area contributed by atoms with E-state index in [2.05, 4.69) is 31.4 Å². The average Bonchev–Trinajstić information content (AvgIpc) is 3.59. The number of nitrogens with zero attached hydrogens (tertiary/aromatic N) is 3.